The number of fused-ring (bicyclic) bond motifs is 1. The number of benzene rings is 1. The van der Waals surface area contributed by atoms with E-state index in [1.165, 1.54) is 41.7 Å². The molecule has 3 rings (SSSR count). The van der Waals surface area contributed by atoms with Crippen LogP contribution in [0, 0.1) is 0 Å². The van der Waals surface area contributed by atoms with E-state index >= 15 is 0 Å². The minimum atomic E-state index is 0.0228. The molecular formula is C19H25NS. The number of nitrogens with two attached hydrogens (primary N) is 1. The zero-order chi connectivity index (χ0) is 15.0. The van der Waals surface area contributed by atoms with Gasteiger partial charge in [0.25, 0.3) is 0 Å². The van der Waals surface area contributed by atoms with Crippen molar-refractivity contribution in [2.75, 3.05) is 0 Å². The fourth-order valence-corrected chi connectivity index (χ4v) is 4.31. The Morgan fingerprint density at radius 3 is 2.33 bits per heavy atom. The average Bonchev–Trinajstić information content (AvgIpc) is 2.89. The summed E-state index contributed by atoms with van der Waals surface area (Å²) in [5.41, 5.74) is 10.8. The molecule has 1 aromatic heterocycles. The quantitative estimate of drug-likeness (QED) is 0.832. The molecule has 0 aliphatic heterocycles. The van der Waals surface area contributed by atoms with Gasteiger partial charge in [-0.2, -0.15) is 0 Å². The molecule has 1 aliphatic rings. The molecule has 0 saturated heterocycles. The van der Waals surface area contributed by atoms with Crippen molar-refractivity contribution in [2.45, 2.75) is 57.9 Å². The van der Waals surface area contributed by atoms with E-state index in [4.69, 9.17) is 5.73 Å². The van der Waals surface area contributed by atoms with E-state index in [1.807, 2.05) is 11.3 Å². The van der Waals surface area contributed by atoms with Gasteiger partial charge in [0.05, 0.1) is 6.04 Å². The molecule has 1 unspecified atom stereocenters. The Bertz CT molecular complexity index is 593. The lowest BCUT2D eigenvalue weighted by Gasteiger charge is -2.20. The van der Waals surface area contributed by atoms with E-state index in [2.05, 4.69) is 51.1 Å². The Kier molecular flexibility index (Phi) is 3.94. The SMILES string of the molecule is CC(C)(C)c1ccc(C(N)c2cc3c(s2)CCCC3)cc1. The van der Waals surface area contributed by atoms with Gasteiger partial charge in [0.15, 0.2) is 0 Å². The van der Waals surface area contributed by atoms with Gasteiger partial charge in [0.2, 0.25) is 0 Å². The normalized spacial score (nSPS) is 16.6. The highest BCUT2D eigenvalue weighted by atomic mass is 32.1. The zero-order valence-electron chi connectivity index (χ0n) is 13.3. The second-order valence-electron chi connectivity index (χ2n) is 7.15. The molecule has 1 atom stereocenters. The largest absolute Gasteiger partial charge is 0.320 e. The van der Waals surface area contributed by atoms with Crippen LogP contribution in [0.1, 0.15) is 66.1 Å². The summed E-state index contributed by atoms with van der Waals surface area (Å²) in [5, 5.41) is 0. The van der Waals surface area contributed by atoms with Gasteiger partial charge in [0, 0.05) is 9.75 Å². The van der Waals surface area contributed by atoms with Crippen LogP contribution in [0.3, 0.4) is 0 Å². The van der Waals surface area contributed by atoms with E-state index in [-0.39, 0.29) is 11.5 Å². The van der Waals surface area contributed by atoms with Crippen LogP contribution < -0.4 is 5.73 Å². The number of rotatable bonds is 2. The van der Waals surface area contributed by atoms with Crippen LogP contribution in [0.2, 0.25) is 0 Å². The summed E-state index contributed by atoms with van der Waals surface area (Å²) in [6.07, 6.45) is 5.15. The number of hydrogen-bond donors (Lipinski definition) is 1. The monoisotopic (exact) mass is 299 g/mol. The summed E-state index contributed by atoms with van der Waals surface area (Å²) >= 11 is 1.92. The number of hydrogen-bond acceptors (Lipinski definition) is 2. The standard InChI is InChI=1S/C19H25NS/c1-19(2,3)15-10-8-13(9-11-15)18(20)17-12-14-6-4-5-7-16(14)21-17/h8-12,18H,4-7,20H2,1-3H3. The smallest absolute Gasteiger partial charge is 0.0646 e. The molecule has 0 fully saturated rings. The summed E-state index contributed by atoms with van der Waals surface area (Å²) in [4.78, 5) is 2.89. The Hall–Kier alpha value is -1.12. The second-order valence-corrected chi connectivity index (χ2v) is 8.32. The Labute approximate surface area is 132 Å². The predicted octanol–water partition coefficient (Wildman–Crippen LogP) is 4.97. The van der Waals surface area contributed by atoms with Gasteiger partial charge in [0.1, 0.15) is 0 Å². The van der Waals surface area contributed by atoms with Gasteiger partial charge in [-0.3, -0.25) is 0 Å². The average molecular weight is 299 g/mol. The van der Waals surface area contributed by atoms with Gasteiger partial charge in [-0.1, -0.05) is 45.0 Å². The minimum absolute atomic E-state index is 0.0228. The van der Waals surface area contributed by atoms with Crippen molar-refractivity contribution < 1.29 is 0 Å². The van der Waals surface area contributed by atoms with E-state index in [9.17, 15) is 0 Å². The molecule has 1 aliphatic carbocycles. The third-order valence-electron chi connectivity index (χ3n) is 4.46. The molecular weight excluding hydrogens is 274 g/mol. The molecule has 1 heterocycles. The molecule has 21 heavy (non-hydrogen) atoms. The molecule has 0 bridgehead atoms. The summed E-state index contributed by atoms with van der Waals surface area (Å²) in [5.74, 6) is 0. The summed E-state index contributed by atoms with van der Waals surface area (Å²) < 4.78 is 0. The molecule has 1 aromatic carbocycles. The van der Waals surface area contributed by atoms with Crippen LogP contribution in [0.5, 0.6) is 0 Å². The minimum Gasteiger partial charge on any atom is -0.320 e. The Balaban J connectivity index is 1.84. The van der Waals surface area contributed by atoms with E-state index in [0.717, 1.165) is 0 Å². The second kappa shape index (κ2) is 5.58. The summed E-state index contributed by atoms with van der Waals surface area (Å²) in [7, 11) is 0. The molecule has 2 heteroatoms. The topological polar surface area (TPSA) is 26.0 Å². The molecule has 2 N–H and O–H groups in total. The van der Waals surface area contributed by atoms with Crippen LogP contribution >= 0.6 is 11.3 Å². The Morgan fingerprint density at radius 2 is 1.71 bits per heavy atom. The first-order valence-corrected chi connectivity index (χ1v) is 8.74. The number of aryl methyl sites for hydroxylation is 2. The van der Waals surface area contributed by atoms with Crippen molar-refractivity contribution in [1.82, 2.24) is 0 Å². The van der Waals surface area contributed by atoms with Gasteiger partial charge in [-0.25, -0.2) is 0 Å². The highest BCUT2D eigenvalue weighted by molar-refractivity contribution is 7.12. The lowest BCUT2D eigenvalue weighted by Crippen LogP contribution is -2.13. The van der Waals surface area contributed by atoms with Gasteiger partial charge in [-0.05, 0) is 53.9 Å². The molecule has 0 saturated carbocycles. The third kappa shape index (κ3) is 3.07. The van der Waals surface area contributed by atoms with Crippen LogP contribution in [0.25, 0.3) is 0 Å². The van der Waals surface area contributed by atoms with Crippen molar-refractivity contribution in [1.29, 1.82) is 0 Å². The van der Waals surface area contributed by atoms with E-state index in [0.29, 0.717) is 0 Å². The van der Waals surface area contributed by atoms with Crippen molar-refractivity contribution >= 4 is 11.3 Å². The summed E-state index contributed by atoms with van der Waals surface area (Å²) in [6.45, 7) is 6.74. The molecule has 2 aromatic rings. The maximum Gasteiger partial charge on any atom is 0.0646 e. The van der Waals surface area contributed by atoms with Crippen LogP contribution in [-0.2, 0) is 18.3 Å². The fraction of sp³-hybridized carbons (Fsp3) is 0.474. The molecule has 0 spiro atoms. The predicted molar refractivity (Wildman–Crippen MR) is 92.1 cm³/mol. The fourth-order valence-electron chi connectivity index (χ4n) is 3.02. The maximum atomic E-state index is 6.50. The Morgan fingerprint density at radius 1 is 1.05 bits per heavy atom. The maximum absolute atomic E-state index is 6.50. The van der Waals surface area contributed by atoms with Crippen LogP contribution in [0.15, 0.2) is 30.3 Å². The van der Waals surface area contributed by atoms with E-state index < -0.39 is 0 Å². The first-order chi connectivity index (χ1) is 9.95. The first-order valence-electron chi connectivity index (χ1n) is 7.92. The zero-order valence-corrected chi connectivity index (χ0v) is 14.1. The third-order valence-corrected chi connectivity index (χ3v) is 5.78. The highest BCUT2D eigenvalue weighted by Gasteiger charge is 2.19. The van der Waals surface area contributed by atoms with Gasteiger partial charge in [-0.15, -0.1) is 11.3 Å². The van der Waals surface area contributed by atoms with Crippen molar-refractivity contribution in [2.24, 2.45) is 5.73 Å². The lowest BCUT2D eigenvalue weighted by molar-refractivity contribution is 0.590. The van der Waals surface area contributed by atoms with E-state index in [1.54, 1.807) is 10.4 Å². The first kappa shape index (κ1) is 14.8. The molecule has 1 nitrogen and oxygen atoms in total. The van der Waals surface area contributed by atoms with Crippen molar-refractivity contribution in [3.8, 4) is 0 Å². The van der Waals surface area contributed by atoms with Gasteiger partial charge >= 0.3 is 0 Å². The number of thiophene rings is 1. The highest BCUT2D eigenvalue weighted by Crippen LogP contribution is 2.34. The molecule has 112 valence electrons. The molecule has 0 amide bonds. The van der Waals surface area contributed by atoms with Crippen molar-refractivity contribution in [3.05, 3.63) is 56.8 Å². The molecule has 0 radical (unpaired) electrons. The van der Waals surface area contributed by atoms with Crippen LogP contribution in [-0.4, -0.2) is 0 Å². The van der Waals surface area contributed by atoms with Gasteiger partial charge < -0.3 is 5.73 Å². The summed E-state index contributed by atoms with van der Waals surface area (Å²) in [6, 6.07) is 11.2. The van der Waals surface area contributed by atoms with Crippen molar-refractivity contribution in [3.63, 3.8) is 0 Å². The van der Waals surface area contributed by atoms with Crippen LogP contribution in [0.4, 0.5) is 0 Å². The lowest BCUT2D eigenvalue weighted by atomic mass is 9.86.